The highest BCUT2D eigenvalue weighted by Gasteiger charge is 2.28. The molecule has 0 aromatic rings. The molecule has 5 heteroatoms. The van der Waals surface area contributed by atoms with Crippen LogP contribution in [-0.2, 0) is 19.1 Å². The molecule has 1 atom stereocenters. The summed E-state index contributed by atoms with van der Waals surface area (Å²) in [6.45, 7) is 1.65. The maximum atomic E-state index is 11.3. The number of amides is 1. The van der Waals surface area contributed by atoms with E-state index in [0.29, 0.717) is 0 Å². The van der Waals surface area contributed by atoms with E-state index in [2.05, 4.69) is 0 Å². The zero-order valence-corrected chi connectivity index (χ0v) is 9.77. The summed E-state index contributed by atoms with van der Waals surface area (Å²) in [5.74, 6) is -0.620. The zero-order chi connectivity index (χ0) is 12.1. The molecule has 0 aromatic heterocycles. The molecule has 16 heavy (non-hydrogen) atoms. The minimum absolute atomic E-state index is 0.0197. The molecule has 5 nitrogen and oxygen atoms in total. The molecule has 0 saturated heterocycles. The Hall–Kier alpha value is -1.10. The molecule has 1 amide bonds. The zero-order valence-electron chi connectivity index (χ0n) is 9.77. The first-order valence-electron chi connectivity index (χ1n) is 5.57. The van der Waals surface area contributed by atoms with Crippen LogP contribution in [-0.4, -0.2) is 31.2 Å². The Kier molecular flexibility index (Phi) is 4.73. The number of primary amides is 1. The molecule has 92 valence electrons. The molecule has 0 heterocycles. The summed E-state index contributed by atoms with van der Waals surface area (Å²) >= 11 is 0. The highest BCUT2D eigenvalue weighted by atomic mass is 16.5. The number of hydrogen-bond acceptors (Lipinski definition) is 4. The van der Waals surface area contributed by atoms with Gasteiger partial charge in [0.05, 0.1) is 19.1 Å². The Labute approximate surface area is 95.3 Å². The fraction of sp³-hybridized carbons (Fsp3) is 0.818. The van der Waals surface area contributed by atoms with E-state index in [4.69, 9.17) is 15.2 Å². The van der Waals surface area contributed by atoms with Crippen LogP contribution in [0.2, 0.25) is 0 Å². The summed E-state index contributed by atoms with van der Waals surface area (Å²) in [6.07, 6.45) is 2.53. The van der Waals surface area contributed by atoms with E-state index in [1.54, 1.807) is 6.92 Å². The molecule has 0 spiro atoms. The van der Waals surface area contributed by atoms with Crippen LogP contribution in [0.25, 0.3) is 0 Å². The molecule has 1 fully saturated rings. The van der Waals surface area contributed by atoms with Crippen molar-refractivity contribution in [1.29, 1.82) is 0 Å². The van der Waals surface area contributed by atoms with Gasteiger partial charge in [-0.1, -0.05) is 0 Å². The Morgan fingerprint density at radius 2 is 1.81 bits per heavy atom. The first-order valence-corrected chi connectivity index (χ1v) is 5.57. The summed E-state index contributed by atoms with van der Waals surface area (Å²) in [4.78, 5) is 22.1. The average Bonchev–Trinajstić information content (AvgIpc) is 2.28. The van der Waals surface area contributed by atoms with Gasteiger partial charge in [0.1, 0.15) is 6.10 Å². The number of esters is 1. The second-order valence-corrected chi connectivity index (χ2v) is 4.18. The quantitative estimate of drug-likeness (QED) is 0.716. The number of carbonyl (C=O) groups is 2. The van der Waals surface area contributed by atoms with Gasteiger partial charge in [0, 0.05) is 0 Å². The highest BCUT2D eigenvalue weighted by Crippen LogP contribution is 2.27. The van der Waals surface area contributed by atoms with E-state index >= 15 is 0 Å². The Morgan fingerprint density at radius 3 is 2.25 bits per heavy atom. The third-order valence-electron chi connectivity index (χ3n) is 3.01. The number of carbonyl (C=O) groups excluding carboxylic acids is 2. The van der Waals surface area contributed by atoms with Crippen LogP contribution < -0.4 is 5.73 Å². The molecule has 1 rings (SSSR count). The number of hydrogen-bond donors (Lipinski definition) is 1. The van der Waals surface area contributed by atoms with E-state index in [1.165, 1.54) is 7.11 Å². The third kappa shape index (κ3) is 3.48. The van der Waals surface area contributed by atoms with Gasteiger partial charge in [0.15, 0.2) is 0 Å². The Bertz CT molecular complexity index is 259. The largest absolute Gasteiger partial charge is 0.469 e. The predicted octanol–water partition coefficient (Wildman–Crippen LogP) is 0.609. The van der Waals surface area contributed by atoms with Crippen molar-refractivity contribution in [2.24, 2.45) is 11.7 Å². The monoisotopic (exact) mass is 229 g/mol. The minimum Gasteiger partial charge on any atom is -0.469 e. The van der Waals surface area contributed by atoms with Crippen LogP contribution in [0.5, 0.6) is 0 Å². The summed E-state index contributed by atoms with van der Waals surface area (Å²) in [5.41, 5.74) is 5.11. The standard InChI is InChI=1S/C11H19NO4/c1-7(10(12)13)16-9-5-3-8(4-6-9)11(14)15-2/h7-9H,3-6H2,1-2H3,(H2,12,13). The number of methoxy groups -OCH3 is 1. The molecule has 0 radical (unpaired) electrons. The summed E-state index contributed by atoms with van der Waals surface area (Å²) in [7, 11) is 1.40. The SMILES string of the molecule is COC(=O)C1CCC(OC(C)C(N)=O)CC1. The Balaban J connectivity index is 2.32. The van der Waals surface area contributed by atoms with Gasteiger partial charge in [-0.2, -0.15) is 0 Å². The van der Waals surface area contributed by atoms with E-state index in [-0.39, 0.29) is 18.0 Å². The molecule has 0 aliphatic heterocycles. The second-order valence-electron chi connectivity index (χ2n) is 4.18. The van der Waals surface area contributed by atoms with Crippen LogP contribution in [0.1, 0.15) is 32.6 Å². The lowest BCUT2D eigenvalue weighted by Crippen LogP contribution is -2.35. The third-order valence-corrected chi connectivity index (χ3v) is 3.01. The van der Waals surface area contributed by atoms with E-state index < -0.39 is 12.0 Å². The molecular weight excluding hydrogens is 210 g/mol. The summed E-state index contributed by atoms with van der Waals surface area (Å²) < 4.78 is 10.2. The van der Waals surface area contributed by atoms with Gasteiger partial charge in [-0.05, 0) is 32.6 Å². The fourth-order valence-electron chi connectivity index (χ4n) is 1.96. The van der Waals surface area contributed by atoms with E-state index in [9.17, 15) is 9.59 Å². The van der Waals surface area contributed by atoms with Gasteiger partial charge >= 0.3 is 5.97 Å². The molecule has 1 aliphatic carbocycles. The first kappa shape index (κ1) is 13.0. The number of ether oxygens (including phenoxy) is 2. The molecule has 2 N–H and O–H groups in total. The van der Waals surface area contributed by atoms with Gasteiger partial charge in [-0.15, -0.1) is 0 Å². The van der Waals surface area contributed by atoms with Crippen molar-refractivity contribution in [3.8, 4) is 0 Å². The minimum atomic E-state index is -0.556. The van der Waals surface area contributed by atoms with Crippen LogP contribution in [0.3, 0.4) is 0 Å². The van der Waals surface area contributed by atoms with Crippen LogP contribution in [0.4, 0.5) is 0 Å². The van der Waals surface area contributed by atoms with Gasteiger partial charge in [-0.25, -0.2) is 0 Å². The lowest BCUT2D eigenvalue weighted by Gasteiger charge is -2.28. The molecule has 0 aromatic carbocycles. The topological polar surface area (TPSA) is 78.6 Å². The van der Waals surface area contributed by atoms with Crippen molar-refractivity contribution < 1.29 is 19.1 Å². The van der Waals surface area contributed by atoms with E-state index in [0.717, 1.165) is 25.7 Å². The maximum Gasteiger partial charge on any atom is 0.308 e. The van der Waals surface area contributed by atoms with Crippen molar-refractivity contribution in [2.45, 2.75) is 44.8 Å². The lowest BCUT2D eigenvalue weighted by molar-refractivity contribution is -0.149. The maximum absolute atomic E-state index is 11.3. The average molecular weight is 229 g/mol. The molecule has 1 saturated carbocycles. The number of rotatable bonds is 4. The highest BCUT2D eigenvalue weighted by molar-refractivity contribution is 5.78. The second kappa shape index (κ2) is 5.84. The molecule has 1 aliphatic rings. The molecule has 0 bridgehead atoms. The van der Waals surface area contributed by atoms with Gasteiger partial charge < -0.3 is 15.2 Å². The summed E-state index contributed by atoms with van der Waals surface area (Å²) in [5, 5.41) is 0. The smallest absolute Gasteiger partial charge is 0.308 e. The van der Waals surface area contributed by atoms with Crippen LogP contribution >= 0.6 is 0 Å². The van der Waals surface area contributed by atoms with Gasteiger partial charge in [-0.3, -0.25) is 9.59 Å². The lowest BCUT2D eigenvalue weighted by atomic mass is 9.87. The normalized spacial score (nSPS) is 27.1. The van der Waals surface area contributed by atoms with Crippen molar-refractivity contribution in [3.63, 3.8) is 0 Å². The van der Waals surface area contributed by atoms with Crippen molar-refractivity contribution >= 4 is 11.9 Å². The predicted molar refractivity (Wildman–Crippen MR) is 57.5 cm³/mol. The van der Waals surface area contributed by atoms with Crippen molar-refractivity contribution in [2.75, 3.05) is 7.11 Å². The van der Waals surface area contributed by atoms with Gasteiger partial charge in [0.25, 0.3) is 0 Å². The number of nitrogens with two attached hydrogens (primary N) is 1. The molecule has 1 unspecified atom stereocenters. The van der Waals surface area contributed by atoms with Crippen LogP contribution in [0, 0.1) is 5.92 Å². The first-order chi connectivity index (χ1) is 7.54. The van der Waals surface area contributed by atoms with Gasteiger partial charge in [0.2, 0.25) is 5.91 Å². The fourth-order valence-corrected chi connectivity index (χ4v) is 1.96. The Morgan fingerprint density at radius 1 is 1.25 bits per heavy atom. The molecular formula is C11H19NO4. The van der Waals surface area contributed by atoms with Crippen molar-refractivity contribution in [1.82, 2.24) is 0 Å². The summed E-state index contributed by atoms with van der Waals surface area (Å²) in [6, 6.07) is 0. The van der Waals surface area contributed by atoms with Crippen LogP contribution in [0.15, 0.2) is 0 Å². The van der Waals surface area contributed by atoms with Crippen molar-refractivity contribution in [3.05, 3.63) is 0 Å². The van der Waals surface area contributed by atoms with E-state index in [1.807, 2.05) is 0 Å².